The number of hydrogen-bond donors (Lipinski definition) is 1. The smallest absolute Gasteiger partial charge is 0.416 e. The van der Waals surface area contributed by atoms with E-state index < -0.39 is 23.8 Å². The largest absolute Gasteiger partial charge is 0.465 e. The van der Waals surface area contributed by atoms with Gasteiger partial charge in [-0.25, -0.2) is 9.48 Å². The van der Waals surface area contributed by atoms with E-state index in [9.17, 15) is 18.0 Å². The highest BCUT2D eigenvalue weighted by molar-refractivity contribution is 5.78. The average Bonchev–Trinajstić information content (AvgIpc) is 2.81. The fourth-order valence-electron chi connectivity index (χ4n) is 2.52. The molecule has 0 radical (unpaired) electrons. The maximum absolute atomic E-state index is 12.9. The molecule has 2 rings (SSSR count). The van der Waals surface area contributed by atoms with Gasteiger partial charge >= 0.3 is 12.1 Å². The van der Waals surface area contributed by atoms with Crippen molar-refractivity contribution in [1.82, 2.24) is 9.78 Å². The van der Waals surface area contributed by atoms with Gasteiger partial charge < -0.3 is 10.5 Å². The number of aryl methyl sites for hydroxylation is 1. The van der Waals surface area contributed by atoms with Gasteiger partial charge in [0.15, 0.2) is 0 Å². The zero-order valence-corrected chi connectivity index (χ0v) is 13.5. The lowest BCUT2D eigenvalue weighted by atomic mass is 10.1. The van der Waals surface area contributed by atoms with Gasteiger partial charge in [-0.15, -0.1) is 0 Å². The number of aromatic nitrogens is 2. The monoisotopic (exact) mass is 341 g/mol. The third-order valence-electron chi connectivity index (χ3n) is 3.62. The summed E-state index contributed by atoms with van der Waals surface area (Å²) in [5.74, 6) is -0.604. The van der Waals surface area contributed by atoms with Crippen LogP contribution in [0.3, 0.4) is 0 Å². The van der Waals surface area contributed by atoms with Crippen molar-refractivity contribution in [2.24, 2.45) is 5.73 Å². The van der Waals surface area contributed by atoms with Crippen molar-refractivity contribution in [2.75, 3.05) is 6.61 Å². The van der Waals surface area contributed by atoms with Crippen LogP contribution in [0.2, 0.25) is 0 Å². The lowest BCUT2D eigenvalue weighted by molar-refractivity contribution is -0.144. The molecule has 5 nitrogen and oxygen atoms in total. The van der Waals surface area contributed by atoms with Crippen molar-refractivity contribution in [2.45, 2.75) is 33.0 Å². The first-order valence-electron chi connectivity index (χ1n) is 7.32. The minimum atomic E-state index is -4.45. The molecular formula is C16H18F3N3O2. The average molecular weight is 341 g/mol. The number of rotatable bonds is 4. The van der Waals surface area contributed by atoms with E-state index in [2.05, 4.69) is 5.10 Å². The number of carbonyl (C=O) groups is 1. The molecule has 0 unspecified atom stereocenters. The van der Waals surface area contributed by atoms with Crippen LogP contribution in [0.25, 0.3) is 5.69 Å². The third-order valence-corrected chi connectivity index (χ3v) is 3.62. The Hall–Kier alpha value is -2.35. The van der Waals surface area contributed by atoms with Gasteiger partial charge in [-0.3, -0.25) is 0 Å². The lowest BCUT2D eigenvalue weighted by Gasteiger charge is -2.12. The highest BCUT2D eigenvalue weighted by Gasteiger charge is 2.31. The van der Waals surface area contributed by atoms with Crippen LogP contribution in [0.4, 0.5) is 13.2 Å². The summed E-state index contributed by atoms with van der Waals surface area (Å²) in [7, 11) is 0. The SMILES string of the molecule is CCOC(=O)[C@@H](N)c1c(C)nn(-c2cccc(C(F)(F)F)c2)c1C. The number of alkyl halides is 3. The summed E-state index contributed by atoms with van der Waals surface area (Å²) in [5.41, 5.74) is 6.78. The van der Waals surface area contributed by atoms with E-state index >= 15 is 0 Å². The first kappa shape index (κ1) is 18.0. The van der Waals surface area contributed by atoms with Crippen LogP contribution in [0.1, 0.15) is 35.5 Å². The van der Waals surface area contributed by atoms with Crippen LogP contribution >= 0.6 is 0 Å². The van der Waals surface area contributed by atoms with Crippen LogP contribution in [0.15, 0.2) is 24.3 Å². The quantitative estimate of drug-likeness (QED) is 0.868. The van der Waals surface area contributed by atoms with Crippen molar-refractivity contribution in [1.29, 1.82) is 0 Å². The summed E-state index contributed by atoms with van der Waals surface area (Å²) in [4.78, 5) is 11.8. The normalized spacial score (nSPS) is 13.0. The Morgan fingerprint density at radius 2 is 2.04 bits per heavy atom. The molecule has 0 saturated carbocycles. The number of nitrogens with two attached hydrogens (primary N) is 1. The number of ether oxygens (including phenoxy) is 1. The van der Waals surface area contributed by atoms with E-state index in [-0.39, 0.29) is 12.3 Å². The van der Waals surface area contributed by atoms with E-state index in [1.165, 1.54) is 16.8 Å². The third kappa shape index (κ3) is 3.43. The minimum absolute atomic E-state index is 0.187. The maximum Gasteiger partial charge on any atom is 0.416 e. The maximum atomic E-state index is 12.9. The molecule has 0 saturated heterocycles. The summed E-state index contributed by atoms with van der Waals surface area (Å²) in [6, 6.07) is 3.76. The molecule has 0 aliphatic rings. The number of esters is 1. The molecule has 2 N–H and O–H groups in total. The number of hydrogen-bond acceptors (Lipinski definition) is 4. The van der Waals surface area contributed by atoms with Gasteiger partial charge in [-0.05, 0) is 39.0 Å². The van der Waals surface area contributed by atoms with E-state index in [1.54, 1.807) is 20.8 Å². The Morgan fingerprint density at radius 1 is 1.38 bits per heavy atom. The lowest BCUT2D eigenvalue weighted by Crippen LogP contribution is -2.25. The molecular weight excluding hydrogens is 323 g/mol. The van der Waals surface area contributed by atoms with Gasteiger partial charge in [0.1, 0.15) is 6.04 Å². The topological polar surface area (TPSA) is 70.1 Å². The molecule has 1 atom stereocenters. The van der Waals surface area contributed by atoms with Gasteiger partial charge in [-0.2, -0.15) is 18.3 Å². The summed E-state index contributed by atoms with van der Waals surface area (Å²) in [5, 5.41) is 4.23. The van der Waals surface area contributed by atoms with Crippen molar-refractivity contribution >= 4 is 5.97 Å². The van der Waals surface area contributed by atoms with Crippen LogP contribution in [-0.4, -0.2) is 22.4 Å². The van der Waals surface area contributed by atoms with Gasteiger partial charge in [0.05, 0.1) is 23.6 Å². The van der Waals surface area contributed by atoms with Gasteiger partial charge in [-0.1, -0.05) is 6.07 Å². The summed E-state index contributed by atoms with van der Waals surface area (Å²) < 4.78 is 44.9. The minimum Gasteiger partial charge on any atom is -0.465 e. The fraction of sp³-hybridized carbons (Fsp3) is 0.375. The van der Waals surface area contributed by atoms with Crippen LogP contribution in [-0.2, 0) is 15.7 Å². The Labute approximate surface area is 137 Å². The molecule has 1 heterocycles. The number of benzene rings is 1. The second-order valence-electron chi connectivity index (χ2n) is 5.27. The van der Waals surface area contributed by atoms with Gasteiger partial charge in [0, 0.05) is 11.3 Å². The van der Waals surface area contributed by atoms with Crippen LogP contribution in [0.5, 0.6) is 0 Å². The Morgan fingerprint density at radius 3 is 2.62 bits per heavy atom. The standard InChI is InChI=1S/C16H18F3N3O2/c1-4-24-15(23)14(20)13-9(2)21-22(10(13)3)12-7-5-6-11(8-12)16(17,18)19/h5-8,14H,4,20H2,1-3H3/t14-/m0/s1. The molecule has 0 bridgehead atoms. The zero-order valence-electron chi connectivity index (χ0n) is 13.5. The highest BCUT2D eigenvalue weighted by atomic mass is 19.4. The Bertz CT molecular complexity index is 754. The van der Waals surface area contributed by atoms with Gasteiger partial charge in [0.25, 0.3) is 0 Å². The van der Waals surface area contributed by atoms with E-state index in [4.69, 9.17) is 10.5 Å². The second kappa shape index (κ2) is 6.64. The molecule has 8 heteroatoms. The van der Waals surface area contributed by atoms with Crippen molar-refractivity contribution in [3.63, 3.8) is 0 Å². The molecule has 0 spiro atoms. The van der Waals surface area contributed by atoms with E-state index in [0.29, 0.717) is 17.0 Å². The number of nitrogens with zero attached hydrogens (tertiary/aromatic N) is 2. The first-order valence-corrected chi connectivity index (χ1v) is 7.32. The molecule has 1 aromatic heterocycles. The predicted molar refractivity (Wildman–Crippen MR) is 81.6 cm³/mol. The Balaban J connectivity index is 2.48. The fourth-order valence-corrected chi connectivity index (χ4v) is 2.52. The van der Waals surface area contributed by atoms with E-state index in [1.807, 2.05) is 0 Å². The molecule has 0 aliphatic heterocycles. The first-order chi connectivity index (χ1) is 11.2. The molecule has 1 aromatic carbocycles. The van der Waals surface area contributed by atoms with Crippen molar-refractivity contribution < 1.29 is 22.7 Å². The molecule has 2 aromatic rings. The molecule has 0 amide bonds. The molecule has 0 aliphatic carbocycles. The van der Waals surface area contributed by atoms with Gasteiger partial charge in [0.2, 0.25) is 0 Å². The summed E-state index contributed by atoms with van der Waals surface area (Å²) >= 11 is 0. The highest BCUT2D eigenvalue weighted by Crippen LogP contribution is 2.31. The van der Waals surface area contributed by atoms with Crippen molar-refractivity contribution in [3.8, 4) is 5.69 Å². The molecule has 0 fully saturated rings. The van der Waals surface area contributed by atoms with Crippen LogP contribution in [0, 0.1) is 13.8 Å². The molecule has 24 heavy (non-hydrogen) atoms. The van der Waals surface area contributed by atoms with Crippen LogP contribution < -0.4 is 5.73 Å². The molecule has 130 valence electrons. The number of halogens is 3. The zero-order chi connectivity index (χ0) is 18.1. The number of carbonyl (C=O) groups excluding carboxylic acids is 1. The Kier molecular flexibility index (Phi) is 4.98. The summed E-state index contributed by atoms with van der Waals surface area (Å²) in [6.07, 6.45) is -4.45. The second-order valence-corrected chi connectivity index (χ2v) is 5.27. The summed E-state index contributed by atoms with van der Waals surface area (Å²) in [6.45, 7) is 5.14. The van der Waals surface area contributed by atoms with E-state index in [0.717, 1.165) is 12.1 Å². The predicted octanol–water partition coefficient (Wildman–Crippen LogP) is 3.07. The van der Waals surface area contributed by atoms with Crippen molar-refractivity contribution in [3.05, 3.63) is 46.8 Å².